The molecule has 0 bridgehead atoms. The van der Waals surface area contributed by atoms with Crippen LogP contribution in [0.5, 0.6) is 11.5 Å². The normalized spacial score (nSPS) is 13.8. The lowest BCUT2D eigenvalue weighted by atomic mass is 10.3. The molecule has 1 heterocycles. The minimum absolute atomic E-state index is 0.0997. The average Bonchev–Trinajstić information content (AvgIpc) is 3.19. The van der Waals surface area contributed by atoms with Gasteiger partial charge in [0.1, 0.15) is 17.3 Å². The van der Waals surface area contributed by atoms with Crippen LogP contribution >= 0.6 is 11.3 Å². The Bertz CT molecular complexity index is 637. The number of ether oxygens (including phenoxy) is 2. The average molecular weight is 304 g/mol. The molecule has 2 aromatic rings. The molecule has 1 fully saturated rings. The van der Waals surface area contributed by atoms with E-state index in [1.165, 1.54) is 11.3 Å². The van der Waals surface area contributed by atoms with E-state index in [9.17, 15) is 4.79 Å². The molecule has 1 amide bonds. The number of carbonyl (C=O) groups excluding carboxylic acids is 1. The molecule has 0 atom stereocenters. The first-order valence-electron chi connectivity index (χ1n) is 6.77. The van der Waals surface area contributed by atoms with Gasteiger partial charge in [0.15, 0.2) is 11.5 Å². The molecule has 5 nitrogen and oxygen atoms in total. The highest BCUT2D eigenvalue weighted by atomic mass is 32.1. The molecular formula is C15H16N2O3S. The Morgan fingerprint density at radius 3 is 2.86 bits per heavy atom. The molecule has 21 heavy (non-hydrogen) atoms. The Kier molecular flexibility index (Phi) is 4.06. The number of benzene rings is 1. The standard InChI is InChI=1S/C15H16N2O3S/c1-19-12-4-2-3-5-13(12)20-8-14-17-11(9-21-14)15(18)16-10-6-7-10/h2-5,9-10H,6-8H2,1H3,(H,16,18). The van der Waals surface area contributed by atoms with Crippen LogP contribution in [-0.2, 0) is 6.61 Å². The van der Waals surface area contributed by atoms with Crippen molar-refractivity contribution >= 4 is 17.2 Å². The molecular weight excluding hydrogens is 288 g/mol. The number of nitrogens with zero attached hydrogens (tertiary/aromatic N) is 1. The summed E-state index contributed by atoms with van der Waals surface area (Å²) in [6.07, 6.45) is 2.14. The molecule has 0 spiro atoms. The summed E-state index contributed by atoms with van der Waals surface area (Å²) in [4.78, 5) is 16.2. The lowest BCUT2D eigenvalue weighted by Gasteiger charge is -2.08. The summed E-state index contributed by atoms with van der Waals surface area (Å²) >= 11 is 1.42. The topological polar surface area (TPSA) is 60.5 Å². The number of hydrogen-bond acceptors (Lipinski definition) is 5. The second kappa shape index (κ2) is 6.13. The summed E-state index contributed by atoms with van der Waals surface area (Å²) in [7, 11) is 1.60. The molecule has 0 saturated heterocycles. The zero-order chi connectivity index (χ0) is 14.7. The smallest absolute Gasteiger partial charge is 0.270 e. The second-order valence-corrected chi connectivity index (χ2v) is 5.76. The second-order valence-electron chi connectivity index (χ2n) is 4.81. The van der Waals surface area contributed by atoms with Crippen molar-refractivity contribution in [3.8, 4) is 11.5 Å². The Morgan fingerprint density at radius 1 is 1.38 bits per heavy atom. The monoisotopic (exact) mass is 304 g/mol. The Balaban J connectivity index is 1.60. The van der Waals surface area contributed by atoms with Gasteiger partial charge in [-0.25, -0.2) is 4.98 Å². The third kappa shape index (κ3) is 3.52. The third-order valence-electron chi connectivity index (χ3n) is 3.12. The summed E-state index contributed by atoms with van der Waals surface area (Å²) in [5.74, 6) is 1.25. The summed E-state index contributed by atoms with van der Waals surface area (Å²) in [5.41, 5.74) is 0.463. The lowest BCUT2D eigenvalue weighted by molar-refractivity contribution is 0.0946. The maximum atomic E-state index is 11.9. The highest BCUT2D eigenvalue weighted by molar-refractivity contribution is 7.09. The number of nitrogens with one attached hydrogen (secondary N) is 1. The van der Waals surface area contributed by atoms with Gasteiger partial charge in [0.05, 0.1) is 7.11 Å². The van der Waals surface area contributed by atoms with E-state index in [-0.39, 0.29) is 5.91 Å². The molecule has 1 aromatic heterocycles. The van der Waals surface area contributed by atoms with Gasteiger partial charge in [-0.3, -0.25) is 4.79 Å². The first-order valence-corrected chi connectivity index (χ1v) is 7.65. The maximum Gasteiger partial charge on any atom is 0.270 e. The molecule has 1 aliphatic carbocycles. The van der Waals surface area contributed by atoms with E-state index < -0.39 is 0 Å². The van der Waals surface area contributed by atoms with Gasteiger partial charge < -0.3 is 14.8 Å². The van der Waals surface area contributed by atoms with Crippen LogP contribution in [-0.4, -0.2) is 24.0 Å². The molecule has 1 aliphatic rings. The first-order chi connectivity index (χ1) is 10.3. The van der Waals surface area contributed by atoms with E-state index in [0.29, 0.717) is 29.8 Å². The quantitative estimate of drug-likeness (QED) is 0.891. The fourth-order valence-corrected chi connectivity index (χ4v) is 2.53. The molecule has 0 radical (unpaired) electrons. The number of carbonyl (C=O) groups is 1. The van der Waals surface area contributed by atoms with E-state index >= 15 is 0 Å². The van der Waals surface area contributed by atoms with Crippen molar-refractivity contribution in [1.29, 1.82) is 0 Å². The summed E-state index contributed by atoms with van der Waals surface area (Å²) in [5, 5.41) is 5.45. The van der Waals surface area contributed by atoms with Crippen LogP contribution in [0.4, 0.5) is 0 Å². The van der Waals surface area contributed by atoms with Crippen LogP contribution in [0.3, 0.4) is 0 Å². The summed E-state index contributed by atoms with van der Waals surface area (Å²) in [6, 6.07) is 7.79. The third-order valence-corrected chi connectivity index (χ3v) is 3.94. The molecule has 0 aliphatic heterocycles. The Labute approximate surface area is 126 Å². The summed E-state index contributed by atoms with van der Waals surface area (Å²) in [6.45, 7) is 0.321. The number of para-hydroxylation sites is 2. The van der Waals surface area contributed by atoms with Crippen molar-refractivity contribution < 1.29 is 14.3 Å². The largest absolute Gasteiger partial charge is 0.493 e. The first kappa shape index (κ1) is 13.9. The number of aromatic nitrogens is 1. The van der Waals surface area contributed by atoms with Crippen molar-refractivity contribution in [2.45, 2.75) is 25.5 Å². The van der Waals surface area contributed by atoms with Crippen LogP contribution in [0.2, 0.25) is 0 Å². The van der Waals surface area contributed by atoms with E-state index in [1.807, 2.05) is 24.3 Å². The fourth-order valence-electron chi connectivity index (χ4n) is 1.85. The SMILES string of the molecule is COc1ccccc1OCc1nc(C(=O)NC2CC2)cs1. The van der Waals surface area contributed by atoms with Gasteiger partial charge in [-0.2, -0.15) is 0 Å². The molecule has 1 aromatic carbocycles. The van der Waals surface area contributed by atoms with E-state index in [0.717, 1.165) is 17.8 Å². The van der Waals surface area contributed by atoms with Gasteiger partial charge in [-0.15, -0.1) is 11.3 Å². The Hall–Kier alpha value is -2.08. The van der Waals surface area contributed by atoms with Crippen LogP contribution in [0, 0.1) is 0 Å². The van der Waals surface area contributed by atoms with E-state index in [4.69, 9.17) is 9.47 Å². The van der Waals surface area contributed by atoms with Gasteiger partial charge in [0, 0.05) is 11.4 Å². The van der Waals surface area contributed by atoms with Gasteiger partial charge >= 0.3 is 0 Å². The van der Waals surface area contributed by atoms with Crippen LogP contribution in [0.1, 0.15) is 28.3 Å². The molecule has 1 N–H and O–H groups in total. The minimum Gasteiger partial charge on any atom is -0.493 e. The zero-order valence-electron chi connectivity index (χ0n) is 11.7. The van der Waals surface area contributed by atoms with E-state index in [1.54, 1.807) is 12.5 Å². The zero-order valence-corrected chi connectivity index (χ0v) is 12.5. The number of methoxy groups -OCH3 is 1. The summed E-state index contributed by atoms with van der Waals surface area (Å²) < 4.78 is 10.9. The van der Waals surface area contributed by atoms with Gasteiger partial charge in [-0.1, -0.05) is 12.1 Å². The van der Waals surface area contributed by atoms with Crippen LogP contribution in [0.15, 0.2) is 29.6 Å². The number of rotatable bonds is 6. The predicted octanol–water partition coefficient (Wildman–Crippen LogP) is 2.62. The van der Waals surface area contributed by atoms with Gasteiger partial charge in [0.2, 0.25) is 0 Å². The molecule has 6 heteroatoms. The van der Waals surface area contributed by atoms with Crippen molar-refractivity contribution in [2.75, 3.05) is 7.11 Å². The fraction of sp³-hybridized carbons (Fsp3) is 0.333. The van der Waals surface area contributed by atoms with Crippen molar-refractivity contribution in [3.05, 3.63) is 40.3 Å². The van der Waals surface area contributed by atoms with Gasteiger partial charge in [-0.05, 0) is 25.0 Å². The molecule has 110 valence electrons. The maximum absolute atomic E-state index is 11.9. The van der Waals surface area contributed by atoms with Gasteiger partial charge in [0.25, 0.3) is 5.91 Å². The predicted molar refractivity (Wildman–Crippen MR) is 79.9 cm³/mol. The number of thiazole rings is 1. The van der Waals surface area contributed by atoms with E-state index in [2.05, 4.69) is 10.3 Å². The molecule has 0 unspecified atom stereocenters. The van der Waals surface area contributed by atoms with Crippen molar-refractivity contribution in [3.63, 3.8) is 0 Å². The van der Waals surface area contributed by atoms with Crippen LogP contribution < -0.4 is 14.8 Å². The number of amides is 1. The molecule has 3 rings (SSSR count). The highest BCUT2D eigenvalue weighted by Gasteiger charge is 2.24. The van der Waals surface area contributed by atoms with Crippen LogP contribution in [0.25, 0.3) is 0 Å². The van der Waals surface area contributed by atoms with Crippen molar-refractivity contribution in [1.82, 2.24) is 10.3 Å². The minimum atomic E-state index is -0.0997. The Morgan fingerprint density at radius 2 is 2.14 bits per heavy atom. The van der Waals surface area contributed by atoms with Crippen molar-refractivity contribution in [2.24, 2.45) is 0 Å². The lowest BCUT2D eigenvalue weighted by Crippen LogP contribution is -2.25. The number of hydrogen-bond donors (Lipinski definition) is 1. The highest BCUT2D eigenvalue weighted by Crippen LogP contribution is 2.27. The molecule has 1 saturated carbocycles.